The van der Waals surface area contributed by atoms with Crippen molar-refractivity contribution < 1.29 is 19.5 Å². The molecule has 0 spiro atoms. The van der Waals surface area contributed by atoms with E-state index in [1.807, 2.05) is 6.07 Å². The van der Waals surface area contributed by atoms with Gasteiger partial charge in [-0.1, -0.05) is 13.0 Å². The fourth-order valence-electron chi connectivity index (χ4n) is 2.93. The van der Waals surface area contributed by atoms with Crippen LogP contribution in [0.5, 0.6) is 0 Å². The van der Waals surface area contributed by atoms with Gasteiger partial charge in [-0.3, -0.25) is 19.8 Å². The monoisotopic (exact) mass is 361 g/mol. The van der Waals surface area contributed by atoms with Crippen LogP contribution in [0.25, 0.3) is 6.08 Å². The van der Waals surface area contributed by atoms with E-state index in [1.165, 1.54) is 17.6 Å². The molecule has 1 heterocycles. The molecular weight excluding hydrogens is 334 g/mol. The summed E-state index contributed by atoms with van der Waals surface area (Å²) in [6.07, 6.45) is 8.30. The first-order valence-electron chi connectivity index (χ1n) is 8.87. The standard InChI is InChI=1S/C19H27N3O4/c1-13-3-7-16(11-13)26-18(24)19(2,20)10-9-14-4-5-15(21-12-14)6-8-17(23)22-25/h4-6,8,12-13,16,25H,3,7,9-11,20H2,1-2H3,(H,22,23)/b8-6+/t13?,16?,19-/m1/s1. The van der Waals surface area contributed by atoms with Crippen LogP contribution >= 0.6 is 0 Å². The Morgan fingerprint density at radius 1 is 1.46 bits per heavy atom. The van der Waals surface area contributed by atoms with Crippen molar-refractivity contribution >= 4 is 18.0 Å². The number of carbonyl (C=O) groups excluding carboxylic acids is 2. The van der Waals surface area contributed by atoms with Gasteiger partial charge >= 0.3 is 5.97 Å². The smallest absolute Gasteiger partial charge is 0.326 e. The molecule has 2 rings (SSSR count). The van der Waals surface area contributed by atoms with Crippen LogP contribution in [0.15, 0.2) is 24.4 Å². The number of nitrogens with two attached hydrogens (primary N) is 1. The Balaban J connectivity index is 1.85. The van der Waals surface area contributed by atoms with Crippen molar-refractivity contribution in [2.24, 2.45) is 11.7 Å². The molecule has 1 aliphatic carbocycles. The summed E-state index contributed by atoms with van der Waals surface area (Å²) in [5.41, 5.74) is 8.17. The third-order valence-electron chi connectivity index (χ3n) is 4.68. The van der Waals surface area contributed by atoms with Gasteiger partial charge in [-0.15, -0.1) is 0 Å². The Kier molecular flexibility index (Phi) is 6.88. The molecule has 1 aromatic heterocycles. The zero-order chi connectivity index (χ0) is 19.2. The SMILES string of the molecule is CC1CCC(OC(=O)[C@](C)(N)CCc2ccc(/C=C/C(=O)NO)nc2)C1. The van der Waals surface area contributed by atoms with Crippen LogP contribution in [0.2, 0.25) is 0 Å². The van der Waals surface area contributed by atoms with Gasteiger partial charge in [0, 0.05) is 12.3 Å². The van der Waals surface area contributed by atoms with Crippen LogP contribution in [-0.2, 0) is 20.7 Å². The molecule has 0 bridgehead atoms. The van der Waals surface area contributed by atoms with Gasteiger partial charge in [0.2, 0.25) is 0 Å². The molecular formula is C19H27N3O4. The zero-order valence-corrected chi connectivity index (χ0v) is 15.3. The lowest BCUT2D eigenvalue weighted by molar-refractivity contribution is -0.155. The van der Waals surface area contributed by atoms with E-state index < -0.39 is 11.4 Å². The number of rotatable bonds is 7. The van der Waals surface area contributed by atoms with Crippen LogP contribution in [0.1, 0.15) is 50.8 Å². The van der Waals surface area contributed by atoms with Crippen molar-refractivity contribution in [2.45, 2.75) is 57.6 Å². The Hall–Kier alpha value is -2.25. The highest BCUT2D eigenvalue weighted by atomic mass is 16.5. The van der Waals surface area contributed by atoms with E-state index in [2.05, 4.69) is 11.9 Å². The van der Waals surface area contributed by atoms with Gasteiger partial charge in [-0.05, 0) is 62.7 Å². The summed E-state index contributed by atoms with van der Waals surface area (Å²) in [7, 11) is 0. The Morgan fingerprint density at radius 3 is 2.81 bits per heavy atom. The summed E-state index contributed by atoms with van der Waals surface area (Å²) in [6, 6.07) is 3.62. The lowest BCUT2D eigenvalue weighted by atomic mass is 9.95. The van der Waals surface area contributed by atoms with Crippen LogP contribution < -0.4 is 11.2 Å². The number of nitrogens with zero attached hydrogens (tertiary/aromatic N) is 1. The van der Waals surface area contributed by atoms with Crippen LogP contribution in [0.3, 0.4) is 0 Å². The lowest BCUT2D eigenvalue weighted by Gasteiger charge is -2.24. The van der Waals surface area contributed by atoms with Crippen LogP contribution in [-0.4, -0.2) is 33.7 Å². The minimum Gasteiger partial charge on any atom is -0.461 e. The minimum absolute atomic E-state index is 0.00997. The van der Waals surface area contributed by atoms with Crippen molar-refractivity contribution in [3.63, 3.8) is 0 Å². The number of nitrogens with one attached hydrogen (secondary N) is 1. The number of hydroxylamine groups is 1. The van der Waals surface area contributed by atoms with Crippen LogP contribution in [0, 0.1) is 5.92 Å². The molecule has 7 nitrogen and oxygen atoms in total. The maximum absolute atomic E-state index is 12.4. The second-order valence-electron chi connectivity index (χ2n) is 7.26. The van der Waals surface area contributed by atoms with Gasteiger partial charge in [0.25, 0.3) is 5.91 Å². The number of amides is 1. The topological polar surface area (TPSA) is 115 Å². The predicted molar refractivity (Wildman–Crippen MR) is 97.0 cm³/mol. The van der Waals surface area contributed by atoms with Crippen molar-refractivity contribution in [2.75, 3.05) is 0 Å². The van der Waals surface area contributed by atoms with Gasteiger partial charge in [0.1, 0.15) is 11.6 Å². The van der Waals surface area contributed by atoms with Crippen molar-refractivity contribution in [3.05, 3.63) is 35.7 Å². The molecule has 1 amide bonds. The number of aryl methyl sites for hydroxylation is 1. The Morgan fingerprint density at radius 2 is 2.23 bits per heavy atom. The van der Waals surface area contributed by atoms with E-state index in [0.717, 1.165) is 24.8 Å². The minimum atomic E-state index is -1.04. The molecule has 1 saturated carbocycles. The molecule has 3 atom stereocenters. The second-order valence-corrected chi connectivity index (χ2v) is 7.26. The zero-order valence-electron chi connectivity index (χ0n) is 15.3. The van der Waals surface area contributed by atoms with E-state index >= 15 is 0 Å². The van der Waals surface area contributed by atoms with Gasteiger partial charge in [0.05, 0.1) is 5.69 Å². The molecule has 142 valence electrons. The van der Waals surface area contributed by atoms with Crippen molar-refractivity contribution in [3.8, 4) is 0 Å². The van der Waals surface area contributed by atoms with E-state index in [1.54, 1.807) is 19.2 Å². The fourth-order valence-corrected chi connectivity index (χ4v) is 2.93. The highest BCUT2D eigenvalue weighted by molar-refractivity contribution is 5.90. The quantitative estimate of drug-likeness (QED) is 0.296. The second kappa shape index (κ2) is 8.91. The molecule has 4 N–H and O–H groups in total. The van der Waals surface area contributed by atoms with Gasteiger partial charge in [-0.25, -0.2) is 5.48 Å². The summed E-state index contributed by atoms with van der Waals surface area (Å²) in [5, 5.41) is 8.43. The third kappa shape index (κ3) is 5.93. The van der Waals surface area contributed by atoms with E-state index in [4.69, 9.17) is 15.7 Å². The molecule has 2 unspecified atom stereocenters. The molecule has 1 aliphatic rings. The predicted octanol–water partition coefficient (Wildman–Crippen LogP) is 1.98. The number of esters is 1. The fraction of sp³-hybridized carbons (Fsp3) is 0.526. The maximum Gasteiger partial charge on any atom is 0.326 e. The number of hydrogen-bond acceptors (Lipinski definition) is 6. The van der Waals surface area contributed by atoms with Crippen LogP contribution in [0.4, 0.5) is 0 Å². The highest BCUT2D eigenvalue weighted by Crippen LogP contribution is 2.28. The molecule has 0 radical (unpaired) electrons. The first kappa shape index (κ1) is 20.1. The van der Waals surface area contributed by atoms with E-state index in [9.17, 15) is 9.59 Å². The molecule has 1 aromatic rings. The van der Waals surface area contributed by atoms with Gasteiger partial charge in [0.15, 0.2) is 0 Å². The van der Waals surface area contributed by atoms with Crippen molar-refractivity contribution in [1.82, 2.24) is 10.5 Å². The summed E-state index contributed by atoms with van der Waals surface area (Å²) < 4.78 is 5.57. The summed E-state index contributed by atoms with van der Waals surface area (Å²) in [5.74, 6) is -0.372. The normalized spacial score (nSPS) is 22.2. The average molecular weight is 361 g/mol. The molecule has 26 heavy (non-hydrogen) atoms. The Labute approximate surface area is 153 Å². The van der Waals surface area contributed by atoms with Gasteiger partial charge < -0.3 is 10.5 Å². The molecule has 7 heteroatoms. The Bertz CT molecular complexity index is 655. The molecule has 0 saturated heterocycles. The van der Waals surface area contributed by atoms with Gasteiger partial charge in [-0.2, -0.15) is 0 Å². The summed E-state index contributed by atoms with van der Waals surface area (Å²) >= 11 is 0. The number of ether oxygens (including phenoxy) is 1. The number of aromatic nitrogens is 1. The molecule has 0 aliphatic heterocycles. The van der Waals surface area contributed by atoms with Crippen molar-refractivity contribution in [1.29, 1.82) is 0 Å². The number of carbonyl (C=O) groups is 2. The van der Waals surface area contributed by atoms with E-state index in [0.29, 0.717) is 24.5 Å². The summed E-state index contributed by atoms with van der Waals surface area (Å²) in [4.78, 5) is 27.5. The molecule has 1 fully saturated rings. The first-order valence-corrected chi connectivity index (χ1v) is 8.87. The third-order valence-corrected chi connectivity index (χ3v) is 4.68. The number of hydrogen-bond donors (Lipinski definition) is 3. The highest BCUT2D eigenvalue weighted by Gasteiger charge is 2.33. The maximum atomic E-state index is 12.4. The summed E-state index contributed by atoms with van der Waals surface area (Å²) in [6.45, 7) is 3.86. The average Bonchev–Trinajstić information content (AvgIpc) is 3.03. The lowest BCUT2D eigenvalue weighted by Crippen LogP contribution is -2.47. The largest absolute Gasteiger partial charge is 0.461 e. The van der Waals surface area contributed by atoms with E-state index in [-0.39, 0.29) is 12.1 Å². The molecule has 0 aromatic carbocycles. The first-order chi connectivity index (χ1) is 12.3. The number of pyridine rings is 1.